The highest BCUT2D eigenvalue weighted by molar-refractivity contribution is 5.92. The SMILES string of the molecule is CCC(=O)Nc1c(C)cc(N)cc1C. The van der Waals surface area contributed by atoms with Crippen LogP contribution in [0.2, 0.25) is 0 Å². The van der Waals surface area contributed by atoms with Crippen molar-refractivity contribution in [2.45, 2.75) is 27.2 Å². The van der Waals surface area contributed by atoms with Gasteiger partial charge in [-0.05, 0) is 37.1 Å². The summed E-state index contributed by atoms with van der Waals surface area (Å²) in [4.78, 5) is 11.2. The van der Waals surface area contributed by atoms with Crippen molar-refractivity contribution in [1.29, 1.82) is 0 Å². The number of amides is 1. The number of hydrogen-bond acceptors (Lipinski definition) is 2. The van der Waals surface area contributed by atoms with E-state index in [4.69, 9.17) is 5.73 Å². The van der Waals surface area contributed by atoms with E-state index in [2.05, 4.69) is 5.32 Å². The molecule has 1 aromatic carbocycles. The first-order chi connectivity index (χ1) is 6.54. The molecule has 3 nitrogen and oxygen atoms in total. The van der Waals surface area contributed by atoms with Gasteiger partial charge < -0.3 is 11.1 Å². The fourth-order valence-electron chi connectivity index (χ4n) is 1.42. The highest BCUT2D eigenvalue weighted by atomic mass is 16.1. The van der Waals surface area contributed by atoms with Crippen LogP contribution in [0, 0.1) is 13.8 Å². The molecule has 3 N–H and O–H groups in total. The smallest absolute Gasteiger partial charge is 0.224 e. The van der Waals surface area contributed by atoms with Crippen molar-refractivity contribution in [3.8, 4) is 0 Å². The minimum absolute atomic E-state index is 0.0287. The molecule has 0 fully saturated rings. The number of nitrogens with one attached hydrogen (secondary N) is 1. The van der Waals surface area contributed by atoms with Gasteiger partial charge >= 0.3 is 0 Å². The minimum atomic E-state index is 0.0287. The zero-order valence-corrected chi connectivity index (χ0v) is 8.85. The van der Waals surface area contributed by atoms with Crippen LogP contribution in [0.5, 0.6) is 0 Å². The van der Waals surface area contributed by atoms with Gasteiger partial charge in [-0.25, -0.2) is 0 Å². The first-order valence-electron chi connectivity index (χ1n) is 4.71. The zero-order chi connectivity index (χ0) is 10.7. The third-order valence-electron chi connectivity index (χ3n) is 2.14. The summed E-state index contributed by atoms with van der Waals surface area (Å²) in [5.74, 6) is 0.0287. The normalized spacial score (nSPS) is 9.93. The van der Waals surface area contributed by atoms with Crippen molar-refractivity contribution in [3.63, 3.8) is 0 Å². The lowest BCUT2D eigenvalue weighted by Gasteiger charge is -2.11. The fourth-order valence-corrected chi connectivity index (χ4v) is 1.42. The molecule has 1 aromatic rings. The van der Waals surface area contributed by atoms with Gasteiger partial charge in [0.15, 0.2) is 0 Å². The van der Waals surface area contributed by atoms with E-state index < -0.39 is 0 Å². The van der Waals surface area contributed by atoms with Gasteiger partial charge in [0, 0.05) is 17.8 Å². The van der Waals surface area contributed by atoms with Crippen LogP contribution in [0.25, 0.3) is 0 Å². The Morgan fingerprint density at radius 2 is 1.86 bits per heavy atom. The zero-order valence-electron chi connectivity index (χ0n) is 8.85. The molecule has 1 amide bonds. The van der Waals surface area contributed by atoms with Crippen molar-refractivity contribution < 1.29 is 4.79 Å². The van der Waals surface area contributed by atoms with E-state index >= 15 is 0 Å². The van der Waals surface area contributed by atoms with Crippen molar-refractivity contribution in [2.75, 3.05) is 11.1 Å². The molecule has 0 heterocycles. The highest BCUT2D eigenvalue weighted by Gasteiger charge is 2.06. The number of nitrogens with two attached hydrogens (primary N) is 1. The predicted octanol–water partition coefficient (Wildman–Crippen LogP) is 2.23. The molecule has 0 radical (unpaired) electrons. The van der Waals surface area contributed by atoms with Gasteiger partial charge in [0.05, 0.1) is 0 Å². The minimum Gasteiger partial charge on any atom is -0.399 e. The van der Waals surface area contributed by atoms with Gasteiger partial charge in [-0.2, -0.15) is 0 Å². The molecule has 0 aromatic heterocycles. The van der Waals surface area contributed by atoms with Crippen LogP contribution in [-0.2, 0) is 4.79 Å². The van der Waals surface area contributed by atoms with Crippen LogP contribution in [0.15, 0.2) is 12.1 Å². The van der Waals surface area contributed by atoms with Crippen LogP contribution in [-0.4, -0.2) is 5.91 Å². The number of carbonyl (C=O) groups excluding carboxylic acids is 1. The molecule has 0 unspecified atom stereocenters. The van der Waals surface area contributed by atoms with Crippen LogP contribution in [0.1, 0.15) is 24.5 Å². The monoisotopic (exact) mass is 192 g/mol. The average molecular weight is 192 g/mol. The summed E-state index contributed by atoms with van der Waals surface area (Å²) in [5.41, 5.74) is 9.30. The van der Waals surface area contributed by atoms with E-state index in [1.54, 1.807) is 0 Å². The Hall–Kier alpha value is -1.51. The van der Waals surface area contributed by atoms with E-state index in [1.807, 2.05) is 32.9 Å². The second-order valence-corrected chi connectivity index (χ2v) is 3.43. The maximum Gasteiger partial charge on any atom is 0.224 e. The topological polar surface area (TPSA) is 55.1 Å². The summed E-state index contributed by atoms with van der Waals surface area (Å²) in [5, 5.41) is 2.86. The number of carbonyl (C=O) groups is 1. The van der Waals surface area contributed by atoms with Gasteiger partial charge in [-0.1, -0.05) is 6.92 Å². The molecule has 0 spiro atoms. The van der Waals surface area contributed by atoms with Gasteiger partial charge in [0.2, 0.25) is 5.91 Å². The average Bonchev–Trinajstić information content (AvgIpc) is 2.10. The van der Waals surface area contributed by atoms with E-state index in [0.717, 1.165) is 22.5 Å². The first-order valence-corrected chi connectivity index (χ1v) is 4.71. The number of nitrogen functional groups attached to an aromatic ring is 1. The van der Waals surface area contributed by atoms with Gasteiger partial charge in [0.1, 0.15) is 0 Å². The van der Waals surface area contributed by atoms with Crippen LogP contribution < -0.4 is 11.1 Å². The van der Waals surface area contributed by atoms with Crippen molar-refractivity contribution in [2.24, 2.45) is 0 Å². The number of anilines is 2. The van der Waals surface area contributed by atoms with Crippen molar-refractivity contribution in [1.82, 2.24) is 0 Å². The van der Waals surface area contributed by atoms with E-state index in [0.29, 0.717) is 6.42 Å². The summed E-state index contributed by atoms with van der Waals surface area (Å²) in [6.07, 6.45) is 0.489. The molecule has 0 aliphatic heterocycles. The molecule has 0 aliphatic carbocycles. The quantitative estimate of drug-likeness (QED) is 0.706. The molecule has 0 atom stereocenters. The van der Waals surface area contributed by atoms with Crippen LogP contribution >= 0.6 is 0 Å². The molecular weight excluding hydrogens is 176 g/mol. The number of hydrogen-bond donors (Lipinski definition) is 2. The van der Waals surface area contributed by atoms with Crippen LogP contribution in [0.4, 0.5) is 11.4 Å². The maximum absolute atomic E-state index is 11.2. The Labute approximate surface area is 84.3 Å². The largest absolute Gasteiger partial charge is 0.399 e. The summed E-state index contributed by atoms with van der Waals surface area (Å²) < 4.78 is 0. The fraction of sp³-hybridized carbons (Fsp3) is 0.364. The maximum atomic E-state index is 11.2. The molecule has 0 saturated carbocycles. The summed E-state index contributed by atoms with van der Waals surface area (Å²) in [7, 11) is 0. The van der Waals surface area contributed by atoms with Gasteiger partial charge in [-0.15, -0.1) is 0 Å². The van der Waals surface area contributed by atoms with E-state index in [9.17, 15) is 4.79 Å². The molecule has 0 aliphatic rings. The third-order valence-corrected chi connectivity index (χ3v) is 2.14. The lowest BCUT2D eigenvalue weighted by Crippen LogP contribution is -2.12. The Morgan fingerprint density at radius 1 is 1.36 bits per heavy atom. The molecule has 1 rings (SSSR count). The second-order valence-electron chi connectivity index (χ2n) is 3.43. The Morgan fingerprint density at radius 3 is 2.29 bits per heavy atom. The van der Waals surface area contributed by atoms with Gasteiger partial charge in [-0.3, -0.25) is 4.79 Å². The lowest BCUT2D eigenvalue weighted by molar-refractivity contribution is -0.115. The molecular formula is C11H16N2O. The molecule has 0 saturated heterocycles. The van der Waals surface area contributed by atoms with E-state index in [1.165, 1.54) is 0 Å². The number of aryl methyl sites for hydroxylation is 2. The second kappa shape index (κ2) is 4.13. The Balaban J connectivity index is 3.02. The molecule has 0 bridgehead atoms. The number of benzene rings is 1. The molecule has 76 valence electrons. The first kappa shape index (κ1) is 10.6. The summed E-state index contributed by atoms with van der Waals surface area (Å²) in [6, 6.07) is 3.72. The molecule has 3 heteroatoms. The van der Waals surface area contributed by atoms with Crippen molar-refractivity contribution in [3.05, 3.63) is 23.3 Å². The molecule has 14 heavy (non-hydrogen) atoms. The predicted molar refractivity (Wildman–Crippen MR) is 59.2 cm³/mol. The summed E-state index contributed by atoms with van der Waals surface area (Å²) in [6.45, 7) is 5.71. The Bertz CT molecular complexity index is 335. The summed E-state index contributed by atoms with van der Waals surface area (Å²) >= 11 is 0. The third kappa shape index (κ3) is 2.25. The number of rotatable bonds is 2. The standard InChI is InChI=1S/C11H16N2O/c1-4-10(14)13-11-7(2)5-9(12)6-8(11)3/h5-6H,4,12H2,1-3H3,(H,13,14). The van der Waals surface area contributed by atoms with E-state index in [-0.39, 0.29) is 5.91 Å². The lowest BCUT2D eigenvalue weighted by atomic mass is 10.1. The highest BCUT2D eigenvalue weighted by Crippen LogP contribution is 2.23. The Kier molecular flexibility index (Phi) is 3.12. The van der Waals surface area contributed by atoms with Crippen molar-refractivity contribution >= 4 is 17.3 Å². The van der Waals surface area contributed by atoms with Gasteiger partial charge in [0.25, 0.3) is 0 Å². The van der Waals surface area contributed by atoms with Crippen LogP contribution in [0.3, 0.4) is 0 Å².